The first kappa shape index (κ1) is 30.7. The number of phenols is 1. The summed E-state index contributed by atoms with van der Waals surface area (Å²) in [5, 5.41) is 30.7. The van der Waals surface area contributed by atoms with E-state index in [0.717, 1.165) is 18.5 Å². The molecule has 0 amide bonds. The Balaban J connectivity index is 2.35. The SMILES string of the molecule is CCCCCCCCOCC(O)CN(CC(O)COCCCCCCCC)c1ccc(O)cc1. The van der Waals surface area contributed by atoms with Crippen LogP contribution in [-0.2, 0) is 9.47 Å². The molecule has 0 saturated carbocycles. The minimum absolute atomic E-state index is 0.189. The highest BCUT2D eigenvalue weighted by Crippen LogP contribution is 2.19. The lowest BCUT2D eigenvalue weighted by Crippen LogP contribution is -2.41. The molecule has 0 aliphatic heterocycles. The molecule has 0 spiro atoms. The van der Waals surface area contributed by atoms with E-state index >= 15 is 0 Å². The molecule has 34 heavy (non-hydrogen) atoms. The number of nitrogens with zero attached hydrogens (tertiary/aromatic N) is 1. The maximum absolute atomic E-state index is 10.5. The Kier molecular flexibility index (Phi) is 18.9. The average molecular weight is 482 g/mol. The first-order valence-corrected chi connectivity index (χ1v) is 13.6. The van der Waals surface area contributed by atoms with Crippen LogP contribution >= 0.6 is 0 Å². The fourth-order valence-electron chi connectivity index (χ4n) is 3.97. The third kappa shape index (κ3) is 16.3. The van der Waals surface area contributed by atoms with E-state index in [1.54, 1.807) is 24.3 Å². The van der Waals surface area contributed by atoms with Crippen molar-refractivity contribution in [1.82, 2.24) is 0 Å². The lowest BCUT2D eigenvalue weighted by molar-refractivity contribution is 0.0284. The highest BCUT2D eigenvalue weighted by molar-refractivity contribution is 5.49. The van der Waals surface area contributed by atoms with E-state index < -0.39 is 12.2 Å². The number of phenolic OH excluding ortho intramolecular Hbond substituents is 1. The number of ether oxygens (including phenoxy) is 2. The van der Waals surface area contributed by atoms with Crippen LogP contribution in [0.1, 0.15) is 90.9 Å². The fourth-order valence-corrected chi connectivity index (χ4v) is 3.97. The summed E-state index contributed by atoms with van der Waals surface area (Å²) in [6, 6.07) is 6.82. The molecule has 0 bridgehead atoms. The van der Waals surface area contributed by atoms with Crippen molar-refractivity contribution in [3.05, 3.63) is 24.3 Å². The van der Waals surface area contributed by atoms with E-state index in [4.69, 9.17) is 9.47 Å². The summed E-state index contributed by atoms with van der Waals surface area (Å²) in [6.07, 6.45) is 13.2. The molecule has 0 radical (unpaired) electrons. The maximum atomic E-state index is 10.5. The predicted molar refractivity (Wildman–Crippen MR) is 141 cm³/mol. The minimum atomic E-state index is -0.662. The standard InChI is InChI=1S/C28H51NO5/c1-3-5-7-9-11-13-19-33-23-27(31)21-29(25-15-17-26(30)18-16-25)22-28(32)24-34-20-14-12-10-8-6-4-2/h15-18,27-28,30-32H,3-14,19-24H2,1-2H3. The highest BCUT2D eigenvalue weighted by Gasteiger charge is 2.17. The first-order valence-electron chi connectivity index (χ1n) is 13.6. The molecule has 2 unspecified atom stereocenters. The van der Waals surface area contributed by atoms with E-state index in [9.17, 15) is 15.3 Å². The van der Waals surface area contributed by atoms with Gasteiger partial charge in [0, 0.05) is 32.0 Å². The molecule has 0 aliphatic carbocycles. The molecule has 1 aromatic carbocycles. The van der Waals surface area contributed by atoms with Crippen LogP contribution in [0.2, 0.25) is 0 Å². The molecular formula is C28H51NO5. The second kappa shape index (κ2) is 21.0. The molecular weight excluding hydrogens is 430 g/mol. The molecule has 0 fully saturated rings. The zero-order valence-corrected chi connectivity index (χ0v) is 21.8. The fraction of sp³-hybridized carbons (Fsp3) is 0.786. The smallest absolute Gasteiger partial charge is 0.115 e. The van der Waals surface area contributed by atoms with Crippen LogP contribution in [-0.4, -0.2) is 67.0 Å². The third-order valence-electron chi connectivity index (χ3n) is 5.98. The summed E-state index contributed by atoms with van der Waals surface area (Å²) < 4.78 is 11.4. The molecule has 0 aromatic heterocycles. The Morgan fingerprint density at radius 3 is 1.50 bits per heavy atom. The van der Waals surface area contributed by atoms with Crippen molar-refractivity contribution in [2.75, 3.05) is 44.4 Å². The Labute approximate surface area is 208 Å². The van der Waals surface area contributed by atoms with Crippen LogP contribution in [0.15, 0.2) is 24.3 Å². The molecule has 6 heteroatoms. The van der Waals surface area contributed by atoms with Crippen LogP contribution < -0.4 is 4.90 Å². The number of aliphatic hydroxyl groups excluding tert-OH is 2. The van der Waals surface area contributed by atoms with Gasteiger partial charge in [0.1, 0.15) is 5.75 Å². The number of aliphatic hydroxyl groups is 2. The first-order chi connectivity index (χ1) is 16.6. The van der Waals surface area contributed by atoms with E-state index in [2.05, 4.69) is 13.8 Å². The van der Waals surface area contributed by atoms with Gasteiger partial charge in [0.2, 0.25) is 0 Å². The second-order valence-corrected chi connectivity index (χ2v) is 9.41. The van der Waals surface area contributed by atoms with Gasteiger partial charge in [-0.3, -0.25) is 0 Å². The van der Waals surface area contributed by atoms with Crippen molar-refractivity contribution in [2.24, 2.45) is 0 Å². The third-order valence-corrected chi connectivity index (χ3v) is 5.98. The average Bonchev–Trinajstić information content (AvgIpc) is 2.82. The number of benzene rings is 1. The molecule has 1 rings (SSSR count). The molecule has 198 valence electrons. The van der Waals surface area contributed by atoms with Crippen LogP contribution in [0.3, 0.4) is 0 Å². The summed E-state index contributed by atoms with van der Waals surface area (Å²) >= 11 is 0. The Morgan fingerprint density at radius 1 is 0.647 bits per heavy atom. The second-order valence-electron chi connectivity index (χ2n) is 9.41. The van der Waals surface area contributed by atoms with E-state index in [0.29, 0.717) is 26.3 Å². The Bertz CT molecular complexity index is 540. The quantitative estimate of drug-likeness (QED) is 0.175. The molecule has 1 aromatic rings. The van der Waals surface area contributed by atoms with E-state index in [-0.39, 0.29) is 19.0 Å². The van der Waals surface area contributed by atoms with E-state index in [1.165, 1.54) is 64.2 Å². The number of rotatable bonds is 23. The van der Waals surface area contributed by atoms with Gasteiger partial charge >= 0.3 is 0 Å². The molecule has 2 atom stereocenters. The molecule has 0 saturated heterocycles. The summed E-state index contributed by atoms with van der Waals surface area (Å²) in [5.74, 6) is 0.189. The normalized spacial score (nSPS) is 13.2. The van der Waals surface area contributed by atoms with Crippen LogP contribution in [0.25, 0.3) is 0 Å². The van der Waals surface area contributed by atoms with Gasteiger partial charge < -0.3 is 29.7 Å². The zero-order chi connectivity index (χ0) is 24.9. The van der Waals surface area contributed by atoms with Crippen LogP contribution in [0.5, 0.6) is 5.75 Å². The number of unbranched alkanes of at least 4 members (excludes halogenated alkanes) is 10. The van der Waals surface area contributed by atoms with Gasteiger partial charge in [0.15, 0.2) is 0 Å². The largest absolute Gasteiger partial charge is 0.508 e. The predicted octanol–water partition coefficient (Wildman–Crippen LogP) is 5.67. The summed E-state index contributed by atoms with van der Waals surface area (Å²) in [7, 11) is 0. The van der Waals surface area contributed by atoms with Crippen molar-refractivity contribution >= 4 is 5.69 Å². The van der Waals surface area contributed by atoms with Crippen molar-refractivity contribution in [3.63, 3.8) is 0 Å². The molecule has 0 heterocycles. The van der Waals surface area contributed by atoms with Gasteiger partial charge in [-0.2, -0.15) is 0 Å². The van der Waals surface area contributed by atoms with Crippen LogP contribution in [0.4, 0.5) is 5.69 Å². The molecule has 3 N–H and O–H groups in total. The lowest BCUT2D eigenvalue weighted by atomic mass is 10.1. The van der Waals surface area contributed by atoms with Gasteiger partial charge in [-0.05, 0) is 37.1 Å². The molecule has 6 nitrogen and oxygen atoms in total. The Morgan fingerprint density at radius 2 is 1.06 bits per heavy atom. The topological polar surface area (TPSA) is 82.4 Å². The lowest BCUT2D eigenvalue weighted by Gasteiger charge is -2.29. The van der Waals surface area contributed by atoms with Gasteiger partial charge in [0.25, 0.3) is 0 Å². The van der Waals surface area contributed by atoms with E-state index in [1.807, 2.05) is 4.90 Å². The Hall–Kier alpha value is -1.34. The highest BCUT2D eigenvalue weighted by atomic mass is 16.5. The number of anilines is 1. The van der Waals surface area contributed by atoms with Crippen molar-refractivity contribution in [2.45, 2.75) is 103 Å². The summed E-state index contributed by atoms with van der Waals surface area (Å²) in [6.45, 7) is 6.99. The van der Waals surface area contributed by atoms with Gasteiger partial charge in [-0.1, -0.05) is 78.1 Å². The number of aromatic hydroxyl groups is 1. The van der Waals surface area contributed by atoms with Crippen molar-refractivity contribution in [3.8, 4) is 5.75 Å². The van der Waals surface area contributed by atoms with Crippen molar-refractivity contribution in [1.29, 1.82) is 0 Å². The monoisotopic (exact) mass is 481 g/mol. The van der Waals surface area contributed by atoms with Gasteiger partial charge in [-0.15, -0.1) is 0 Å². The van der Waals surface area contributed by atoms with Crippen LogP contribution in [0, 0.1) is 0 Å². The maximum Gasteiger partial charge on any atom is 0.115 e. The zero-order valence-electron chi connectivity index (χ0n) is 21.8. The van der Waals surface area contributed by atoms with Crippen molar-refractivity contribution < 1.29 is 24.8 Å². The van der Waals surface area contributed by atoms with Gasteiger partial charge in [0.05, 0.1) is 25.4 Å². The number of hydrogen-bond donors (Lipinski definition) is 3. The summed E-state index contributed by atoms with van der Waals surface area (Å²) in [4.78, 5) is 1.93. The van der Waals surface area contributed by atoms with Gasteiger partial charge in [-0.25, -0.2) is 0 Å². The molecule has 0 aliphatic rings. The minimum Gasteiger partial charge on any atom is -0.508 e. The number of hydrogen-bond acceptors (Lipinski definition) is 6. The summed E-state index contributed by atoms with van der Waals surface area (Å²) in [5.41, 5.74) is 0.836.